The standard InChI is InChI=1S/C24H35N3O4/c25-24(30)27-21-17-20(12-13-22(21)28)23(29)18-26-14-6-1-2-7-15-31-16-8-11-19-9-4-3-5-10-19/h3-5,9-10,12-13,17,23,26,28-29H,1-2,6-8,11,14-16,18H2,(H3,25,27,30). The van der Waals surface area contributed by atoms with E-state index in [4.69, 9.17) is 10.5 Å². The average molecular weight is 430 g/mol. The fraction of sp³-hybridized carbons (Fsp3) is 0.458. The maximum atomic E-state index is 11.0. The molecular formula is C24H35N3O4. The number of carbonyl (C=O) groups is 1. The van der Waals surface area contributed by atoms with Crippen LogP contribution in [0.3, 0.4) is 0 Å². The highest BCUT2D eigenvalue weighted by Gasteiger charge is 2.11. The number of aliphatic hydroxyl groups is 1. The van der Waals surface area contributed by atoms with Crippen molar-refractivity contribution in [1.82, 2.24) is 5.32 Å². The summed E-state index contributed by atoms with van der Waals surface area (Å²) >= 11 is 0. The van der Waals surface area contributed by atoms with Crippen LogP contribution < -0.4 is 16.4 Å². The number of nitrogens with one attached hydrogen (secondary N) is 2. The second kappa shape index (κ2) is 14.4. The van der Waals surface area contributed by atoms with Crippen molar-refractivity contribution in [2.24, 2.45) is 5.73 Å². The highest BCUT2D eigenvalue weighted by atomic mass is 16.5. The van der Waals surface area contributed by atoms with Crippen LogP contribution in [-0.2, 0) is 11.2 Å². The van der Waals surface area contributed by atoms with Crippen LogP contribution in [0.1, 0.15) is 49.3 Å². The smallest absolute Gasteiger partial charge is 0.316 e. The number of unbranched alkanes of at least 4 members (excludes halogenated alkanes) is 3. The summed E-state index contributed by atoms with van der Waals surface area (Å²) in [5.41, 5.74) is 7.22. The van der Waals surface area contributed by atoms with Crippen molar-refractivity contribution in [3.63, 3.8) is 0 Å². The summed E-state index contributed by atoms with van der Waals surface area (Å²) in [6, 6.07) is 14.3. The van der Waals surface area contributed by atoms with Gasteiger partial charge in [-0.2, -0.15) is 0 Å². The molecule has 0 radical (unpaired) electrons. The van der Waals surface area contributed by atoms with Crippen LogP contribution in [0.4, 0.5) is 10.5 Å². The third-order valence-corrected chi connectivity index (χ3v) is 4.99. The van der Waals surface area contributed by atoms with Crippen molar-refractivity contribution >= 4 is 11.7 Å². The van der Waals surface area contributed by atoms with E-state index >= 15 is 0 Å². The Labute approximate surface area is 184 Å². The van der Waals surface area contributed by atoms with Gasteiger partial charge in [0.2, 0.25) is 0 Å². The van der Waals surface area contributed by atoms with E-state index in [2.05, 4.69) is 34.9 Å². The minimum Gasteiger partial charge on any atom is -0.506 e. The maximum absolute atomic E-state index is 11.0. The number of phenols is 1. The topological polar surface area (TPSA) is 117 Å². The van der Waals surface area contributed by atoms with Gasteiger partial charge in [-0.05, 0) is 55.5 Å². The van der Waals surface area contributed by atoms with E-state index in [1.807, 2.05) is 6.07 Å². The predicted molar refractivity (Wildman–Crippen MR) is 123 cm³/mol. The number of rotatable bonds is 15. The van der Waals surface area contributed by atoms with Crippen LogP contribution in [0.2, 0.25) is 0 Å². The molecule has 0 aliphatic rings. The van der Waals surface area contributed by atoms with E-state index < -0.39 is 12.1 Å². The third-order valence-electron chi connectivity index (χ3n) is 4.99. The normalized spacial score (nSPS) is 11.9. The molecule has 2 aromatic carbocycles. The zero-order valence-electron chi connectivity index (χ0n) is 18.1. The number of hydrogen-bond donors (Lipinski definition) is 5. The van der Waals surface area contributed by atoms with Crippen molar-refractivity contribution in [1.29, 1.82) is 0 Å². The number of anilines is 1. The number of aromatic hydroxyl groups is 1. The minimum atomic E-state index is -0.766. The molecule has 0 aliphatic heterocycles. The van der Waals surface area contributed by atoms with E-state index in [9.17, 15) is 15.0 Å². The number of carbonyl (C=O) groups excluding carboxylic acids is 1. The SMILES string of the molecule is NC(=O)Nc1cc(C(O)CNCCCCCCOCCCc2ccccc2)ccc1O. The van der Waals surface area contributed by atoms with Crippen LogP contribution in [0.15, 0.2) is 48.5 Å². The molecule has 0 aromatic heterocycles. The van der Waals surface area contributed by atoms with Crippen LogP contribution in [0.5, 0.6) is 5.75 Å². The molecule has 0 saturated heterocycles. The Bertz CT molecular complexity index is 771. The molecule has 6 N–H and O–H groups in total. The Morgan fingerprint density at radius 1 is 1.00 bits per heavy atom. The lowest BCUT2D eigenvalue weighted by atomic mass is 10.1. The number of benzene rings is 2. The Kier molecular flexibility index (Phi) is 11.5. The van der Waals surface area contributed by atoms with Gasteiger partial charge in [-0.15, -0.1) is 0 Å². The average Bonchev–Trinajstić information content (AvgIpc) is 2.76. The van der Waals surface area contributed by atoms with Crippen LogP contribution in [0, 0.1) is 0 Å². The van der Waals surface area contributed by atoms with E-state index in [1.165, 1.54) is 17.7 Å². The molecule has 7 nitrogen and oxygen atoms in total. The number of amides is 2. The second-order valence-electron chi connectivity index (χ2n) is 7.60. The monoisotopic (exact) mass is 429 g/mol. The lowest BCUT2D eigenvalue weighted by Gasteiger charge is -2.14. The van der Waals surface area contributed by atoms with Gasteiger partial charge in [0.05, 0.1) is 11.8 Å². The third kappa shape index (κ3) is 10.3. The van der Waals surface area contributed by atoms with Gasteiger partial charge in [-0.25, -0.2) is 4.79 Å². The highest BCUT2D eigenvalue weighted by Crippen LogP contribution is 2.26. The van der Waals surface area contributed by atoms with Gasteiger partial charge in [-0.3, -0.25) is 0 Å². The van der Waals surface area contributed by atoms with Gasteiger partial charge < -0.3 is 31.3 Å². The van der Waals surface area contributed by atoms with E-state index in [1.54, 1.807) is 6.07 Å². The second-order valence-corrected chi connectivity index (χ2v) is 7.60. The number of urea groups is 1. The molecule has 0 heterocycles. The summed E-state index contributed by atoms with van der Waals surface area (Å²) in [7, 11) is 0. The van der Waals surface area contributed by atoms with Gasteiger partial charge in [0, 0.05) is 19.8 Å². The molecular weight excluding hydrogens is 394 g/mol. The van der Waals surface area contributed by atoms with E-state index in [-0.39, 0.29) is 11.4 Å². The van der Waals surface area contributed by atoms with Crippen LogP contribution in [-0.4, -0.2) is 42.5 Å². The Balaban J connectivity index is 1.46. The molecule has 7 heteroatoms. The molecule has 1 atom stereocenters. The number of aryl methyl sites for hydroxylation is 1. The lowest BCUT2D eigenvalue weighted by Crippen LogP contribution is -2.23. The highest BCUT2D eigenvalue weighted by molar-refractivity contribution is 5.89. The Morgan fingerprint density at radius 2 is 1.74 bits per heavy atom. The van der Waals surface area contributed by atoms with Gasteiger partial charge in [-0.1, -0.05) is 49.2 Å². The van der Waals surface area contributed by atoms with Crippen molar-refractivity contribution in [3.05, 3.63) is 59.7 Å². The van der Waals surface area contributed by atoms with Crippen molar-refractivity contribution < 1.29 is 19.7 Å². The fourth-order valence-corrected chi connectivity index (χ4v) is 3.28. The summed E-state index contributed by atoms with van der Waals surface area (Å²) in [6.07, 6.45) is 5.72. The predicted octanol–water partition coefficient (Wildman–Crippen LogP) is 3.72. The summed E-state index contributed by atoms with van der Waals surface area (Å²) in [5, 5.41) is 25.6. The Morgan fingerprint density at radius 3 is 2.52 bits per heavy atom. The van der Waals surface area contributed by atoms with Crippen LogP contribution >= 0.6 is 0 Å². The zero-order chi connectivity index (χ0) is 22.3. The largest absolute Gasteiger partial charge is 0.506 e. The molecule has 31 heavy (non-hydrogen) atoms. The number of primary amides is 1. The molecule has 0 bridgehead atoms. The first-order valence-electron chi connectivity index (χ1n) is 11.0. The first kappa shape index (κ1) is 24.7. The molecule has 2 amide bonds. The summed E-state index contributed by atoms with van der Waals surface area (Å²) in [4.78, 5) is 11.0. The van der Waals surface area contributed by atoms with Gasteiger partial charge in [0.15, 0.2) is 0 Å². The minimum absolute atomic E-state index is 0.0946. The van der Waals surface area contributed by atoms with Gasteiger partial charge in [0.25, 0.3) is 0 Å². The lowest BCUT2D eigenvalue weighted by molar-refractivity contribution is 0.127. The molecule has 0 spiro atoms. The van der Waals surface area contributed by atoms with E-state index in [0.29, 0.717) is 12.1 Å². The maximum Gasteiger partial charge on any atom is 0.316 e. The van der Waals surface area contributed by atoms with Crippen molar-refractivity contribution in [2.75, 3.05) is 31.6 Å². The summed E-state index contributed by atoms with van der Waals surface area (Å²) in [6.45, 7) is 2.83. The van der Waals surface area contributed by atoms with Crippen LogP contribution in [0.25, 0.3) is 0 Å². The number of ether oxygens (including phenoxy) is 1. The number of aliphatic hydroxyl groups excluding tert-OH is 1. The first-order chi connectivity index (χ1) is 15.1. The van der Waals surface area contributed by atoms with Crippen molar-refractivity contribution in [2.45, 2.75) is 44.6 Å². The molecule has 0 saturated carbocycles. The molecule has 0 fully saturated rings. The molecule has 2 aromatic rings. The fourth-order valence-electron chi connectivity index (χ4n) is 3.28. The molecule has 0 aliphatic carbocycles. The summed E-state index contributed by atoms with van der Waals surface area (Å²) < 4.78 is 5.71. The molecule has 1 unspecified atom stereocenters. The quantitative estimate of drug-likeness (QED) is 0.219. The summed E-state index contributed by atoms with van der Waals surface area (Å²) in [5.74, 6) is -0.0946. The van der Waals surface area contributed by atoms with Gasteiger partial charge in [0.1, 0.15) is 5.75 Å². The molecule has 2 rings (SSSR count). The molecule has 170 valence electrons. The number of nitrogens with two attached hydrogens (primary N) is 1. The zero-order valence-corrected chi connectivity index (χ0v) is 18.1. The van der Waals surface area contributed by atoms with Gasteiger partial charge >= 0.3 is 6.03 Å². The number of hydrogen-bond acceptors (Lipinski definition) is 5. The number of phenolic OH excluding ortho intramolecular Hbond substituents is 1. The first-order valence-corrected chi connectivity index (χ1v) is 11.0. The van der Waals surface area contributed by atoms with E-state index in [0.717, 1.165) is 58.3 Å². The Hall–Kier alpha value is -2.61. The van der Waals surface area contributed by atoms with Crippen molar-refractivity contribution in [3.8, 4) is 5.75 Å².